The zero-order valence-corrected chi connectivity index (χ0v) is 14.3. The molecule has 0 bridgehead atoms. The van der Waals surface area contributed by atoms with Crippen molar-refractivity contribution in [1.29, 1.82) is 5.26 Å². The van der Waals surface area contributed by atoms with Crippen molar-refractivity contribution in [3.8, 4) is 6.07 Å². The first-order valence-corrected chi connectivity index (χ1v) is 8.96. The number of rotatable bonds is 3. The highest BCUT2D eigenvalue weighted by molar-refractivity contribution is 5.36. The van der Waals surface area contributed by atoms with Gasteiger partial charge in [0.2, 0.25) is 0 Å². The Bertz CT molecular complexity index is 762. The fourth-order valence-electron chi connectivity index (χ4n) is 4.21. The molecule has 4 nitrogen and oxygen atoms in total. The second kappa shape index (κ2) is 6.97. The van der Waals surface area contributed by atoms with Gasteiger partial charge in [-0.15, -0.1) is 0 Å². The lowest BCUT2D eigenvalue weighted by Crippen LogP contribution is -2.52. The summed E-state index contributed by atoms with van der Waals surface area (Å²) in [7, 11) is 0. The van der Waals surface area contributed by atoms with Crippen molar-refractivity contribution >= 4 is 0 Å². The van der Waals surface area contributed by atoms with Crippen LogP contribution in [0.25, 0.3) is 0 Å². The van der Waals surface area contributed by atoms with Crippen LogP contribution in [-0.4, -0.2) is 47.1 Å². The highest BCUT2D eigenvalue weighted by Gasteiger charge is 2.37. The average Bonchev–Trinajstić information content (AvgIpc) is 3.01. The number of benzene rings is 2. The summed E-state index contributed by atoms with van der Waals surface area (Å²) < 4.78 is 0. The summed E-state index contributed by atoms with van der Waals surface area (Å²) in [6.45, 7) is 3.49. The molecule has 25 heavy (non-hydrogen) atoms. The van der Waals surface area contributed by atoms with E-state index < -0.39 is 6.10 Å². The molecule has 128 valence electrons. The summed E-state index contributed by atoms with van der Waals surface area (Å²) >= 11 is 0. The van der Waals surface area contributed by atoms with Crippen molar-refractivity contribution in [2.24, 2.45) is 0 Å². The third kappa shape index (κ3) is 3.07. The zero-order valence-electron chi connectivity index (χ0n) is 14.3. The van der Waals surface area contributed by atoms with E-state index in [0.29, 0.717) is 0 Å². The summed E-state index contributed by atoms with van der Waals surface area (Å²) in [4.78, 5) is 4.64. The van der Waals surface area contributed by atoms with E-state index in [1.807, 2.05) is 48.5 Å². The van der Waals surface area contributed by atoms with Gasteiger partial charge in [-0.3, -0.25) is 9.80 Å². The Kier molecular flexibility index (Phi) is 4.54. The molecule has 1 heterocycles. The van der Waals surface area contributed by atoms with Gasteiger partial charge in [0.1, 0.15) is 6.04 Å². The van der Waals surface area contributed by atoms with Gasteiger partial charge in [0, 0.05) is 32.2 Å². The van der Waals surface area contributed by atoms with E-state index in [9.17, 15) is 10.4 Å². The van der Waals surface area contributed by atoms with Crippen LogP contribution in [0.4, 0.5) is 0 Å². The molecule has 1 aliphatic carbocycles. The van der Waals surface area contributed by atoms with Crippen molar-refractivity contribution in [2.45, 2.75) is 24.6 Å². The lowest BCUT2D eigenvalue weighted by Gasteiger charge is -2.40. The molecular weight excluding hydrogens is 310 g/mol. The van der Waals surface area contributed by atoms with Crippen LogP contribution in [0.3, 0.4) is 0 Å². The SMILES string of the molecule is N#CC(c1ccccc1)N1CCN(C2Cc3ccccc3C2O)CC1. The van der Waals surface area contributed by atoms with Gasteiger partial charge in [0.15, 0.2) is 0 Å². The summed E-state index contributed by atoms with van der Waals surface area (Å²) in [6.07, 6.45) is 0.515. The maximum atomic E-state index is 10.7. The molecule has 1 fully saturated rings. The van der Waals surface area contributed by atoms with E-state index in [4.69, 9.17) is 0 Å². The van der Waals surface area contributed by atoms with E-state index >= 15 is 0 Å². The average molecular weight is 333 g/mol. The van der Waals surface area contributed by atoms with Gasteiger partial charge in [0.05, 0.1) is 12.2 Å². The third-order valence-corrected chi connectivity index (χ3v) is 5.59. The van der Waals surface area contributed by atoms with E-state index in [0.717, 1.165) is 43.7 Å². The van der Waals surface area contributed by atoms with Gasteiger partial charge in [-0.05, 0) is 23.1 Å². The molecule has 1 saturated heterocycles. The number of aliphatic hydroxyl groups is 1. The Labute approximate surface area is 148 Å². The third-order valence-electron chi connectivity index (χ3n) is 5.59. The van der Waals surface area contributed by atoms with Crippen LogP contribution >= 0.6 is 0 Å². The van der Waals surface area contributed by atoms with Crippen molar-refractivity contribution in [1.82, 2.24) is 9.80 Å². The second-order valence-electron chi connectivity index (χ2n) is 6.93. The number of aliphatic hydroxyl groups excluding tert-OH is 1. The first-order valence-electron chi connectivity index (χ1n) is 8.96. The molecule has 2 aromatic carbocycles. The van der Waals surface area contributed by atoms with Crippen LogP contribution in [-0.2, 0) is 6.42 Å². The molecule has 0 radical (unpaired) electrons. The fourth-order valence-corrected chi connectivity index (χ4v) is 4.21. The fraction of sp³-hybridized carbons (Fsp3) is 0.381. The Morgan fingerprint density at radius 1 is 0.960 bits per heavy atom. The molecule has 3 unspecified atom stereocenters. The number of piperazine rings is 1. The Hall–Kier alpha value is -2.19. The number of hydrogen-bond donors (Lipinski definition) is 1. The summed E-state index contributed by atoms with van der Waals surface area (Å²) in [5.74, 6) is 0. The van der Waals surface area contributed by atoms with Crippen LogP contribution in [0.5, 0.6) is 0 Å². The van der Waals surface area contributed by atoms with Crippen LogP contribution in [0.1, 0.15) is 28.8 Å². The van der Waals surface area contributed by atoms with Crippen LogP contribution in [0, 0.1) is 11.3 Å². The number of nitrogens with zero attached hydrogens (tertiary/aromatic N) is 3. The highest BCUT2D eigenvalue weighted by Crippen LogP contribution is 2.35. The largest absolute Gasteiger partial charge is 0.387 e. The number of hydrogen-bond acceptors (Lipinski definition) is 4. The van der Waals surface area contributed by atoms with E-state index in [1.54, 1.807) is 0 Å². The topological polar surface area (TPSA) is 50.5 Å². The normalized spacial score (nSPS) is 25.3. The number of fused-ring (bicyclic) bond motifs is 1. The van der Waals surface area contributed by atoms with Crippen LogP contribution < -0.4 is 0 Å². The molecule has 0 saturated carbocycles. The van der Waals surface area contributed by atoms with Crippen LogP contribution in [0.15, 0.2) is 54.6 Å². The van der Waals surface area contributed by atoms with Gasteiger partial charge >= 0.3 is 0 Å². The van der Waals surface area contributed by atoms with Crippen molar-refractivity contribution in [3.05, 3.63) is 71.3 Å². The molecular formula is C21H23N3O. The van der Waals surface area contributed by atoms with Gasteiger partial charge in [0.25, 0.3) is 0 Å². The quantitative estimate of drug-likeness (QED) is 0.938. The monoisotopic (exact) mass is 333 g/mol. The minimum absolute atomic E-state index is 0.164. The molecule has 2 aromatic rings. The molecule has 3 atom stereocenters. The molecule has 4 rings (SSSR count). The Morgan fingerprint density at radius 3 is 2.32 bits per heavy atom. The second-order valence-corrected chi connectivity index (χ2v) is 6.93. The molecule has 4 heteroatoms. The maximum Gasteiger partial charge on any atom is 0.123 e. The predicted octanol–water partition coefficient (Wildman–Crippen LogP) is 2.53. The van der Waals surface area contributed by atoms with Gasteiger partial charge in [-0.25, -0.2) is 0 Å². The highest BCUT2D eigenvalue weighted by atomic mass is 16.3. The summed E-state index contributed by atoms with van der Waals surface area (Å²) in [5, 5.41) is 20.3. The first kappa shape index (κ1) is 16.3. The van der Waals surface area contributed by atoms with Crippen molar-refractivity contribution in [3.63, 3.8) is 0 Å². The molecule has 0 aromatic heterocycles. The standard InChI is InChI=1S/C21H23N3O/c22-15-20(16-6-2-1-3-7-16)24-12-10-23(11-13-24)19-14-17-8-4-5-9-18(17)21(19)25/h1-9,19-21,25H,10-14H2. The minimum Gasteiger partial charge on any atom is -0.387 e. The lowest BCUT2D eigenvalue weighted by atomic mass is 10.0. The zero-order chi connectivity index (χ0) is 17.2. The minimum atomic E-state index is -0.399. The first-order chi connectivity index (χ1) is 12.3. The Balaban J connectivity index is 1.42. The summed E-state index contributed by atoms with van der Waals surface area (Å²) in [5.41, 5.74) is 3.41. The molecule has 1 aliphatic heterocycles. The van der Waals surface area contributed by atoms with Crippen molar-refractivity contribution < 1.29 is 5.11 Å². The Morgan fingerprint density at radius 2 is 1.64 bits per heavy atom. The molecule has 2 aliphatic rings. The predicted molar refractivity (Wildman–Crippen MR) is 96.8 cm³/mol. The van der Waals surface area contributed by atoms with E-state index in [1.165, 1.54) is 5.56 Å². The van der Waals surface area contributed by atoms with Crippen LogP contribution in [0.2, 0.25) is 0 Å². The van der Waals surface area contributed by atoms with E-state index in [2.05, 4.69) is 21.9 Å². The van der Waals surface area contributed by atoms with Gasteiger partial charge in [-0.2, -0.15) is 5.26 Å². The number of nitriles is 1. The van der Waals surface area contributed by atoms with Gasteiger partial charge < -0.3 is 5.11 Å². The maximum absolute atomic E-state index is 10.7. The molecule has 0 amide bonds. The van der Waals surface area contributed by atoms with Crippen molar-refractivity contribution in [2.75, 3.05) is 26.2 Å². The van der Waals surface area contributed by atoms with Gasteiger partial charge in [-0.1, -0.05) is 54.6 Å². The smallest absolute Gasteiger partial charge is 0.123 e. The molecule has 1 N–H and O–H groups in total. The molecule has 0 spiro atoms. The van der Waals surface area contributed by atoms with E-state index in [-0.39, 0.29) is 12.1 Å². The lowest BCUT2D eigenvalue weighted by molar-refractivity contribution is 0.0220. The summed E-state index contributed by atoms with van der Waals surface area (Å²) in [6, 6.07) is 20.6.